The van der Waals surface area contributed by atoms with Crippen molar-refractivity contribution in [3.8, 4) is 5.69 Å². The number of halogens is 2. The lowest BCUT2D eigenvalue weighted by Crippen LogP contribution is -2.35. The molecule has 0 fully saturated rings. The first kappa shape index (κ1) is 16.6. The van der Waals surface area contributed by atoms with E-state index < -0.39 is 5.82 Å². The van der Waals surface area contributed by atoms with E-state index in [0.717, 1.165) is 5.69 Å². The van der Waals surface area contributed by atoms with Crippen molar-refractivity contribution in [2.75, 3.05) is 11.1 Å². The van der Waals surface area contributed by atoms with Gasteiger partial charge in [0.25, 0.3) is 0 Å². The molecule has 9 heteroatoms. The van der Waals surface area contributed by atoms with Gasteiger partial charge >= 0.3 is 5.16 Å². The highest BCUT2D eigenvalue weighted by molar-refractivity contribution is 9.10. The molecule has 0 spiro atoms. The van der Waals surface area contributed by atoms with Crippen molar-refractivity contribution >= 4 is 39.3 Å². The quantitative estimate of drug-likeness (QED) is 0.502. The zero-order valence-corrected chi connectivity index (χ0v) is 14.6. The SMILES string of the molecule is O=C(CSc1nn[nH][n+]1-c1ccccc1)Nc1ccc(Br)cc1F. The summed E-state index contributed by atoms with van der Waals surface area (Å²) in [6.45, 7) is 0. The Morgan fingerprint density at radius 1 is 1.29 bits per heavy atom. The van der Waals surface area contributed by atoms with Crippen molar-refractivity contribution < 1.29 is 13.9 Å². The number of amides is 1. The maximum absolute atomic E-state index is 13.7. The molecular formula is C15H12BrFN5OS+. The standard InChI is InChI=1S/C15H11BrFN5OS/c16-10-6-7-13(12(17)8-10)18-14(23)9-24-15-19-20-21-22(15)11-4-2-1-3-5-11/h1-8H,9H2,(H,18,23)/p+1. The summed E-state index contributed by atoms with van der Waals surface area (Å²) in [6, 6.07) is 13.9. The number of rotatable bonds is 5. The lowest BCUT2D eigenvalue weighted by atomic mass is 10.3. The van der Waals surface area contributed by atoms with E-state index in [0.29, 0.717) is 9.63 Å². The number of aromatic amines is 1. The van der Waals surface area contributed by atoms with Crippen molar-refractivity contribution in [1.29, 1.82) is 0 Å². The van der Waals surface area contributed by atoms with Crippen LogP contribution in [-0.2, 0) is 4.79 Å². The summed E-state index contributed by atoms with van der Waals surface area (Å²) in [5.41, 5.74) is 0.990. The molecule has 2 aromatic carbocycles. The van der Waals surface area contributed by atoms with E-state index in [1.165, 1.54) is 23.9 Å². The van der Waals surface area contributed by atoms with Gasteiger partial charge < -0.3 is 5.32 Å². The minimum atomic E-state index is -0.497. The molecule has 2 N–H and O–H groups in total. The number of carbonyl (C=O) groups excluding carboxylic acids is 1. The lowest BCUT2D eigenvalue weighted by Gasteiger charge is -2.05. The van der Waals surface area contributed by atoms with Gasteiger partial charge in [0.05, 0.1) is 11.4 Å². The number of hydrogen-bond donors (Lipinski definition) is 2. The zero-order valence-electron chi connectivity index (χ0n) is 12.2. The van der Waals surface area contributed by atoms with Crippen LogP contribution in [0.2, 0.25) is 0 Å². The number of nitrogens with one attached hydrogen (secondary N) is 2. The molecule has 1 heterocycles. The van der Waals surface area contributed by atoms with Gasteiger partial charge in [-0.2, -0.15) is 0 Å². The van der Waals surface area contributed by atoms with Crippen LogP contribution < -0.4 is 10.00 Å². The molecule has 0 aliphatic heterocycles. The van der Waals surface area contributed by atoms with E-state index in [1.54, 1.807) is 10.7 Å². The molecule has 1 amide bonds. The lowest BCUT2D eigenvalue weighted by molar-refractivity contribution is -0.697. The summed E-state index contributed by atoms with van der Waals surface area (Å²) in [5, 5.41) is 13.5. The van der Waals surface area contributed by atoms with Crippen molar-refractivity contribution in [2.24, 2.45) is 0 Å². The second-order valence-corrected chi connectivity index (χ2v) is 6.57. The molecule has 3 aromatic rings. The topological polar surface area (TPSA) is 74.5 Å². The van der Waals surface area contributed by atoms with E-state index in [-0.39, 0.29) is 17.3 Å². The van der Waals surface area contributed by atoms with Crippen LogP contribution in [0, 0.1) is 5.82 Å². The highest BCUT2D eigenvalue weighted by Crippen LogP contribution is 2.20. The first-order valence-electron chi connectivity index (χ1n) is 6.90. The number of H-pyrrole nitrogens is 1. The second-order valence-electron chi connectivity index (χ2n) is 4.71. The van der Waals surface area contributed by atoms with E-state index in [2.05, 4.69) is 36.8 Å². The summed E-state index contributed by atoms with van der Waals surface area (Å²) in [7, 11) is 0. The molecule has 122 valence electrons. The van der Waals surface area contributed by atoms with Crippen LogP contribution in [0.15, 0.2) is 58.2 Å². The largest absolute Gasteiger partial charge is 0.365 e. The normalized spacial score (nSPS) is 10.6. The smallest absolute Gasteiger partial charge is 0.323 e. The number of thioether (sulfide) groups is 1. The van der Waals surface area contributed by atoms with Gasteiger partial charge in [0, 0.05) is 4.47 Å². The second kappa shape index (κ2) is 7.54. The number of para-hydroxylation sites is 1. The van der Waals surface area contributed by atoms with Crippen molar-refractivity contribution in [3.05, 3.63) is 58.8 Å². The predicted molar refractivity (Wildman–Crippen MR) is 91.4 cm³/mol. The summed E-state index contributed by atoms with van der Waals surface area (Å²) in [4.78, 5) is 12.0. The first-order valence-corrected chi connectivity index (χ1v) is 8.67. The van der Waals surface area contributed by atoms with Gasteiger partial charge in [0.1, 0.15) is 16.6 Å². The highest BCUT2D eigenvalue weighted by Gasteiger charge is 2.19. The third kappa shape index (κ3) is 3.98. The molecule has 0 radical (unpaired) electrons. The van der Waals surface area contributed by atoms with Gasteiger partial charge in [-0.1, -0.05) is 39.3 Å². The molecule has 1 aromatic heterocycles. The average Bonchev–Trinajstić information content (AvgIpc) is 3.05. The Labute approximate surface area is 149 Å². The van der Waals surface area contributed by atoms with E-state index in [4.69, 9.17) is 0 Å². The molecule has 0 bridgehead atoms. The molecular weight excluding hydrogens is 397 g/mol. The van der Waals surface area contributed by atoms with Crippen LogP contribution in [-0.4, -0.2) is 27.2 Å². The van der Waals surface area contributed by atoms with Crippen LogP contribution in [0.4, 0.5) is 10.1 Å². The fourth-order valence-corrected chi connectivity index (χ4v) is 2.98. The third-order valence-corrected chi connectivity index (χ3v) is 4.45. The maximum atomic E-state index is 13.7. The Morgan fingerprint density at radius 2 is 2.08 bits per heavy atom. The highest BCUT2D eigenvalue weighted by atomic mass is 79.9. The number of carbonyl (C=O) groups is 1. The van der Waals surface area contributed by atoms with Gasteiger partial charge in [0.15, 0.2) is 5.21 Å². The van der Waals surface area contributed by atoms with Crippen LogP contribution in [0.25, 0.3) is 5.69 Å². The Balaban J connectivity index is 1.64. The number of tetrazole rings is 1. The Kier molecular flexibility index (Phi) is 5.21. The molecule has 0 aliphatic rings. The maximum Gasteiger partial charge on any atom is 0.365 e. The van der Waals surface area contributed by atoms with Crippen LogP contribution >= 0.6 is 27.7 Å². The summed E-state index contributed by atoms with van der Waals surface area (Å²) in [5.74, 6) is -0.748. The molecule has 24 heavy (non-hydrogen) atoms. The van der Waals surface area contributed by atoms with E-state index in [9.17, 15) is 9.18 Å². The number of nitrogens with zero attached hydrogens (tertiary/aromatic N) is 3. The summed E-state index contributed by atoms with van der Waals surface area (Å²) >= 11 is 4.37. The molecule has 0 saturated carbocycles. The van der Waals surface area contributed by atoms with Gasteiger partial charge in [0.2, 0.25) is 5.91 Å². The number of aromatic nitrogens is 4. The first-order chi connectivity index (χ1) is 11.6. The minimum absolute atomic E-state index is 0.0782. The molecule has 0 unspecified atom stereocenters. The van der Waals surface area contributed by atoms with Crippen LogP contribution in [0.5, 0.6) is 0 Å². The predicted octanol–water partition coefficient (Wildman–Crippen LogP) is 2.71. The number of hydrogen-bond acceptors (Lipinski definition) is 4. The Morgan fingerprint density at radius 3 is 2.83 bits per heavy atom. The Hall–Kier alpha value is -2.26. The molecule has 0 aliphatic carbocycles. The average molecular weight is 409 g/mol. The zero-order chi connectivity index (χ0) is 16.9. The van der Waals surface area contributed by atoms with Gasteiger partial charge in [-0.05, 0) is 42.1 Å². The van der Waals surface area contributed by atoms with Crippen molar-refractivity contribution in [3.63, 3.8) is 0 Å². The van der Waals surface area contributed by atoms with Crippen LogP contribution in [0.1, 0.15) is 0 Å². The summed E-state index contributed by atoms with van der Waals surface area (Å²) < 4.78 is 16.0. The monoisotopic (exact) mass is 408 g/mol. The molecule has 6 nitrogen and oxygen atoms in total. The molecule has 3 rings (SSSR count). The molecule has 0 atom stereocenters. The fourth-order valence-electron chi connectivity index (χ4n) is 1.94. The van der Waals surface area contributed by atoms with Crippen molar-refractivity contribution in [1.82, 2.24) is 15.5 Å². The van der Waals surface area contributed by atoms with E-state index in [1.807, 2.05) is 30.3 Å². The van der Waals surface area contributed by atoms with Gasteiger partial charge in [-0.15, -0.1) is 4.68 Å². The van der Waals surface area contributed by atoms with Crippen LogP contribution in [0.3, 0.4) is 0 Å². The van der Waals surface area contributed by atoms with Gasteiger partial charge in [-0.25, -0.2) is 4.39 Å². The third-order valence-electron chi connectivity index (χ3n) is 3.02. The van der Waals surface area contributed by atoms with Gasteiger partial charge in [-0.3, -0.25) is 4.79 Å². The Bertz CT molecular complexity index is 858. The molecule has 0 saturated heterocycles. The number of benzene rings is 2. The minimum Gasteiger partial charge on any atom is -0.323 e. The number of anilines is 1. The fraction of sp³-hybridized carbons (Fsp3) is 0.0667. The van der Waals surface area contributed by atoms with Crippen molar-refractivity contribution in [2.45, 2.75) is 5.16 Å². The van der Waals surface area contributed by atoms with E-state index >= 15 is 0 Å². The summed E-state index contributed by atoms with van der Waals surface area (Å²) in [6.07, 6.45) is 0.